The second-order valence-electron chi connectivity index (χ2n) is 6.66. The van der Waals surface area contributed by atoms with Crippen LogP contribution in [0.15, 0.2) is 42.6 Å². The second kappa shape index (κ2) is 8.73. The van der Waals surface area contributed by atoms with E-state index in [2.05, 4.69) is 16.4 Å². The normalized spacial score (nSPS) is 10.6. The number of rotatable bonds is 6. The molecule has 1 N–H and O–H groups in total. The number of nitrogens with zero attached hydrogens (tertiary/aromatic N) is 1. The molecule has 6 nitrogen and oxygen atoms in total. The van der Waals surface area contributed by atoms with Gasteiger partial charge >= 0.3 is 11.9 Å². The highest BCUT2D eigenvalue weighted by molar-refractivity contribution is 6.07. The maximum atomic E-state index is 12.6. The summed E-state index contributed by atoms with van der Waals surface area (Å²) in [4.78, 5) is 29.2. The molecule has 1 aromatic heterocycles. The molecule has 1 heterocycles. The molecule has 2 aromatic carbocycles. The number of esters is 2. The van der Waals surface area contributed by atoms with Gasteiger partial charge in [0.1, 0.15) is 5.56 Å². The van der Waals surface area contributed by atoms with Crippen LogP contribution in [-0.2, 0) is 9.47 Å². The summed E-state index contributed by atoms with van der Waals surface area (Å²) in [7, 11) is 0. The molecule has 0 saturated carbocycles. The summed E-state index contributed by atoms with van der Waals surface area (Å²) in [6, 6.07) is 11.1. The summed E-state index contributed by atoms with van der Waals surface area (Å²) in [5.41, 5.74) is 4.93. The molecule has 0 unspecified atom stereocenters. The third kappa shape index (κ3) is 4.37. The van der Waals surface area contributed by atoms with Gasteiger partial charge in [-0.1, -0.05) is 17.7 Å². The van der Waals surface area contributed by atoms with Crippen LogP contribution < -0.4 is 5.32 Å². The number of ether oxygens (including phenoxy) is 2. The largest absolute Gasteiger partial charge is 0.462 e. The van der Waals surface area contributed by atoms with Gasteiger partial charge in [0.05, 0.1) is 30.0 Å². The van der Waals surface area contributed by atoms with Crippen LogP contribution in [-0.4, -0.2) is 30.1 Å². The highest BCUT2D eigenvalue weighted by Crippen LogP contribution is 2.32. The molecule has 0 aliphatic rings. The Labute approximate surface area is 169 Å². The molecule has 3 aromatic rings. The number of aromatic nitrogens is 1. The fraction of sp³-hybridized carbons (Fsp3) is 0.261. The summed E-state index contributed by atoms with van der Waals surface area (Å²) < 4.78 is 10.3. The number of fused-ring (bicyclic) bond motifs is 1. The molecule has 3 rings (SSSR count). The average Bonchev–Trinajstić information content (AvgIpc) is 2.70. The molecule has 29 heavy (non-hydrogen) atoms. The number of anilines is 2. The van der Waals surface area contributed by atoms with Gasteiger partial charge in [0.25, 0.3) is 0 Å². The molecule has 0 saturated heterocycles. The van der Waals surface area contributed by atoms with Crippen molar-refractivity contribution >= 4 is 34.2 Å². The minimum Gasteiger partial charge on any atom is -0.462 e. The molecule has 6 heteroatoms. The minimum absolute atomic E-state index is 0.253. The maximum Gasteiger partial charge on any atom is 0.341 e. The standard InChI is InChI=1S/C23H24N2O4/c1-5-28-22(26)16-8-10-20-17(12-16)21(18(13-24-20)23(27)29-6-2)25-19-9-7-14(3)11-15(19)4/h7-13H,5-6H2,1-4H3,(H,24,25). The number of hydrogen-bond donors (Lipinski definition) is 1. The predicted molar refractivity (Wildman–Crippen MR) is 113 cm³/mol. The van der Waals surface area contributed by atoms with Crippen molar-refractivity contribution in [2.75, 3.05) is 18.5 Å². The molecular weight excluding hydrogens is 368 g/mol. The molecule has 0 radical (unpaired) electrons. The first-order valence-electron chi connectivity index (χ1n) is 9.55. The first kappa shape index (κ1) is 20.3. The number of aryl methyl sites for hydroxylation is 2. The van der Waals surface area contributed by atoms with Gasteiger partial charge in [0.15, 0.2) is 0 Å². The smallest absolute Gasteiger partial charge is 0.341 e. The van der Waals surface area contributed by atoms with Gasteiger partial charge in [-0.2, -0.15) is 0 Å². The van der Waals surface area contributed by atoms with Crippen LogP contribution in [0.4, 0.5) is 11.4 Å². The SMILES string of the molecule is CCOC(=O)c1ccc2ncc(C(=O)OCC)c(Nc3ccc(C)cc3C)c2c1. The van der Waals surface area contributed by atoms with Crippen molar-refractivity contribution in [1.29, 1.82) is 0 Å². The van der Waals surface area contributed by atoms with E-state index in [1.54, 1.807) is 32.0 Å². The zero-order valence-electron chi connectivity index (χ0n) is 17.0. The van der Waals surface area contributed by atoms with E-state index < -0.39 is 11.9 Å². The summed E-state index contributed by atoms with van der Waals surface area (Å²) in [5, 5.41) is 4.00. The Kier molecular flexibility index (Phi) is 6.12. The van der Waals surface area contributed by atoms with E-state index in [4.69, 9.17) is 9.47 Å². The molecule has 0 aliphatic heterocycles. The topological polar surface area (TPSA) is 77.5 Å². The van der Waals surface area contributed by atoms with Crippen LogP contribution in [0.5, 0.6) is 0 Å². The van der Waals surface area contributed by atoms with E-state index in [1.807, 2.05) is 26.0 Å². The first-order valence-corrected chi connectivity index (χ1v) is 9.55. The average molecular weight is 392 g/mol. The Hall–Kier alpha value is -3.41. The lowest BCUT2D eigenvalue weighted by Gasteiger charge is -2.16. The van der Waals surface area contributed by atoms with Gasteiger partial charge < -0.3 is 14.8 Å². The van der Waals surface area contributed by atoms with Crippen LogP contribution in [0, 0.1) is 13.8 Å². The summed E-state index contributed by atoms with van der Waals surface area (Å²) in [6.45, 7) is 8.06. The van der Waals surface area contributed by atoms with E-state index in [0.29, 0.717) is 27.7 Å². The van der Waals surface area contributed by atoms with E-state index in [9.17, 15) is 9.59 Å². The third-order valence-electron chi connectivity index (χ3n) is 4.52. The van der Waals surface area contributed by atoms with Gasteiger partial charge in [-0.15, -0.1) is 0 Å². The van der Waals surface area contributed by atoms with Crippen molar-refractivity contribution in [3.05, 3.63) is 64.8 Å². The van der Waals surface area contributed by atoms with Gasteiger partial charge in [-0.3, -0.25) is 4.98 Å². The first-order chi connectivity index (χ1) is 13.9. The number of carbonyl (C=O) groups excluding carboxylic acids is 2. The predicted octanol–water partition coefficient (Wildman–Crippen LogP) is 4.95. The zero-order chi connectivity index (χ0) is 21.0. The van der Waals surface area contributed by atoms with E-state index in [-0.39, 0.29) is 13.2 Å². The minimum atomic E-state index is -0.476. The lowest BCUT2D eigenvalue weighted by molar-refractivity contribution is 0.0518. The fourth-order valence-electron chi connectivity index (χ4n) is 3.12. The van der Waals surface area contributed by atoms with Crippen molar-refractivity contribution in [2.24, 2.45) is 0 Å². The monoisotopic (exact) mass is 392 g/mol. The van der Waals surface area contributed by atoms with Crippen molar-refractivity contribution in [3.63, 3.8) is 0 Å². The van der Waals surface area contributed by atoms with Crippen LogP contribution in [0.1, 0.15) is 45.7 Å². The number of hydrogen-bond acceptors (Lipinski definition) is 6. The maximum absolute atomic E-state index is 12.6. The van der Waals surface area contributed by atoms with Crippen molar-refractivity contribution in [1.82, 2.24) is 4.98 Å². The summed E-state index contributed by atoms with van der Waals surface area (Å²) in [5.74, 6) is -0.899. The fourth-order valence-corrected chi connectivity index (χ4v) is 3.12. The highest BCUT2D eigenvalue weighted by atomic mass is 16.5. The number of pyridine rings is 1. The Bertz CT molecular complexity index is 1070. The molecular formula is C23H24N2O4. The molecule has 150 valence electrons. The van der Waals surface area contributed by atoms with Crippen molar-refractivity contribution in [2.45, 2.75) is 27.7 Å². The van der Waals surface area contributed by atoms with Crippen molar-refractivity contribution in [3.8, 4) is 0 Å². The van der Waals surface area contributed by atoms with Crippen LogP contribution >= 0.6 is 0 Å². The molecule has 0 amide bonds. The number of benzene rings is 2. The Morgan fingerprint density at radius 1 is 0.966 bits per heavy atom. The molecule has 0 bridgehead atoms. The lowest BCUT2D eigenvalue weighted by Crippen LogP contribution is -2.10. The number of nitrogens with one attached hydrogen (secondary N) is 1. The third-order valence-corrected chi connectivity index (χ3v) is 4.52. The Morgan fingerprint density at radius 3 is 2.38 bits per heavy atom. The number of carbonyl (C=O) groups is 2. The molecule has 0 atom stereocenters. The highest BCUT2D eigenvalue weighted by Gasteiger charge is 2.19. The molecule has 0 spiro atoms. The lowest BCUT2D eigenvalue weighted by atomic mass is 10.0. The van der Waals surface area contributed by atoms with E-state index in [0.717, 1.165) is 16.8 Å². The van der Waals surface area contributed by atoms with Gasteiger partial charge in [0.2, 0.25) is 0 Å². The Balaban J connectivity index is 2.19. The van der Waals surface area contributed by atoms with Gasteiger partial charge in [-0.25, -0.2) is 9.59 Å². The van der Waals surface area contributed by atoms with Crippen LogP contribution in [0.25, 0.3) is 10.9 Å². The summed E-state index contributed by atoms with van der Waals surface area (Å²) >= 11 is 0. The van der Waals surface area contributed by atoms with Gasteiger partial charge in [0, 0.05) is 17.3 Å². The van der Waals surface area contributed by atoms with E-state index >= 15 is 0 Å². The van der Waals surface area contributed by atoms with Crippen molar-refractivity contribution < 1.29 is 19.1 Å². The van der Waals surface area contributed by atoms with Crippen LogP contribution in [0.2, 0.25) is 0 Å². The van der Waals surface area contributed by atoms with E-state index in [1.165, 1.54) is 6.20 Å². The quantitative estimate of drug-likeness (QED) is 0.598. The van der Waals surface area contributed by atoms with Gasteiger partial charge in [-0.05, 0) is 57.5 Å². The molecule has 0 fully saturated rings. The Morgan fingerprint density at radius 2 is 1.69 bits per heavy atom. The summed E-state index contributed by atoms with van der Waals surface area (Å²) in [6.07, 6.45) is 1.50. The second-order valence-corrected chi connectivity index (χ2v) is 6.66. The van der Waals surface area contributed by atoms with Crippen LogP contribution in [0.3, 0.4) is 0 Å². The molecule has 0 aliphatic carbocycles. The zero-order valence-corrected chi connectivity index (χ0v) is 17.0.